The van der Waals surface area contributed by atoms with Gasteiger partial charge >= 0.3 is 0 Å². The van der Waals surface area contributed by atoms with Gasteiger partial charge in [0.15, 0.2) is 0 Å². The molecule has 4 N–H and O–H groups in total. The number of nitrogens with zero attached hydrogens (tertiary/aromatic N) is 2. The standard InChI is InChI=1S/C13H14N2OS.C11H19N3O4.C4H10.C2H6/c1-9(14-7-16)11-3-5-12(6-4-11)13-10(2)15-8-17-13;1-2-9(16)12-5-10(17)13-6-11(18)14-4-3-8(15)7-14;1-4(2)3;1-2/h3-9H,1-2H3,(H,14,16);8,15H,2-7H2,1H3,(H,12,16)(H,13,17);4H,1-3H3;1-2H3. The quantitative estimate of drug-likeness (QED) is 0.327. The number of likely N-dealkylation sites (tertiary alicyclic amines) is 1. The minimum atomic E-state index is -0.464. The van der Waals surface area contributed by atoms with Crippen LogP contribution in [-0.2, 0) is 19.2 Å². The van der Waals surface area contributed by atoms with E-state index in [0.717, 1.165) is 23.6 Å². The van der Waals surface area contributed by atoms with Crippen LogP contribution in [0.2, 0.25) is 0 Å². The lowest BCUT2D eigenvalue weighted by Gasteiger charge is -2.15. The maximum atomic E-state index is 11.6. The van der Waals surface area contributed by atoms with Crippen molar-refractivity contribution in [1.29, 1.82) is 0 Å². The molecule has 0 saturated carbocycles. The van der Waals surface area contributed by atoms with Crippen LogP contribution in [0.5, 0.6) is 0 Å². The van der Waals surface area contributed by atoms with Crippen molar-refractivity contribution in [2.24, 2.45) is 5.92 Å². The molecule has 1 aromatic heterocycles. The van der Waals surface area contributed by atoms with E-state index in [-0.39, 0.29) is 30.9 Å². The zero-order valence-electron chi connectivity index (χ0n) is 25.8. The Morgan fingerprint density at radius 3 is 2.12 bits per heavy atom. The minimum absolute atomic E-state index is 0.0455. The number of benzene rings is 1. The number of hydrogen-bond acceptors (Lipinski definition) is 7. The van der Waals surface area contributed by atoms with Crippen molar-refractivity contribution >= 4 is 35.5 Å². The number of amides is 4. The third-order valence-corrected chi connectivity index (χ3v) is 6.43. The molecule has 1 aliphatic heterocycles. The maximum absolute atomic E-state index is 11.6. The predicted molar refractivity (Wildman–Crippen MR) is 165 cm³/mol. The lowest BCUT2D eigenvalue weighted by atomic mass is 10.1. The Hall–Kier alpha value is -3.31. The molecule has 2 aromatic rings. The van der Waals surface area contributed by atoms with E-state index in [9.17, 15) is 24.3 Å². The normalized spacial score (nSPS) is 14.2. The lowest BCUT2D eigenvalue weighted by Crippen LogP contribution is -2.43. The van der Waals surface area contributed by atoms with E-state index in [1.807, 2.05) is 45.3 Å². The van der Waals surface area contributed by atoms with Crippen molar-refractivity contribution in [3.05, 3.63) is 41.0 Å². The van der Waals surface area contributed by atoms with Crippen LogP contribution in [0.3, 0.4) is 0 Å². The summed E-state index contributed by atoms with van der Waals surface area (Å²) < 4.78 is 0. The molecule has 0 spiro atoms. The molecule has 2 heterocycles. The van der Waals surface area contributed by atoms with Gasteiger partial charge in [-0.3, -0.25) is 19.2 Å². The van der Waals surface area contributed by atoms with Gasteiger partial charge in [0.2, 0.25) is 24.1 Å². The fourth-order valence-corrected chi connectivity index (χ4v) is 4.13. The largest absolute Gasteiger partial charge is 0.391 e. The second kappa shape index (κ2) is 21.4. The van der Waals surface area contributed by atoms with Gasteiger partial charge in [-0.1, -0.05) is 65.8 Å². The first-order chi connectivity index (χ1) is 19.5. The van der Waals surface area contributed by atoms with Crippen LogP contribution in [0.25, 0.3) is 10.4 Å². The molecule has 1 saturated heterocycles. The van der Waals surface area contributed by atoms with Gasteiger partial charge in [-0.05, 0) is 37.3 Å². The van der Waals surface area contributed by atoms with Gasteiger partial charge in [0.1, 0.15) is 0 Å². The summed E-state index contributed by atoms with van der Waals surface area (Å²) >= 11 is 1.64. The summed E-state index contributed by atoms with van der Waals surface area (Å²) in [7, 11) is 0. The number of hydrogen-bond donors (Lipinski definition) is 4. The second-order valence-electron chi connectivity index (χ2n) is 9.82. The number of aromatic nitrogens is 1. The monoisotopic (exact) mass is 591 g/mol. The average molecular weight is 592 g/mol. The van der Waals surface area contributed by atoms with E-state index in [4.69, 9.17) is 0 Å². The summed E-state index contributed by atoms with van der Waals surface area (Å²) in [5.41, 5.74) is 5.19. The molecule has 3 rings (SSSR count). The predicted octanol–water partition coefficient (Wildman–Crippen LogP) is 3.84. The van der Waals surface area contributed by atoms with E-state index in [0.29, 0.717) is 25.9 Å². The van der Waals surface area contributed by atoms with Crippen molar-refractivity contribution in [1.82, 2.24) is 25.8 Å². The molecule has 2 atom stereocenters. The number of β-amino-alcohol motifs (C(OH)–C–C–N with tert-alkyl or cyclic N) is 1. The number of aliphatic hydroxyl groups excluding tert-OH is 1. The minimum Gasteiger partial charge on any atom is -0.391 e. The van der Waals surface area contributed by atoms with Gasteiger partial charge in [0.05, 0.1) is 41.3 Å². The summed E-state index contributed by atoms with van der Waals surface area (Å²) in [6, 6.07) is 8.26. The number of carbonyl (C=O) groups excluding carboxylic acids is 4. The fourth-order valence-electron chi connectivity index (χ4n) is 3.32. The van der Waals surface area contributed by atoms with Crippen molar-refractivity contribution in [3.63, 3.8) is 0 Å². The Bertz CT molecular complexity index is 1040. The van der Waals surface area contributed by atoms with E-state index < -0.39 is 12.0 Å². The van der Waals surface area contributed by atoms with E-state index in [2.05, 4.69) is 53.8 Å². The highest BCUT2D eigenvalue weighted by molar-refractivity contribution is 7.13. The van der Waals surface area contributed by atoms with E-state index in [1.54, 1.807) is 18.3 Å². The van der Waals surface area contributed by atoms with Gasteiger partial charge in [-0.2, -0.15) is 0 Å². The highest BCUT2D eigenvalue weighted by Gasteiger charge is 2.24. The van der Waals surface area contributed by atoms with Crippen LogP contribution in [-0.4, -0.2) is 71.4 Å². The highest BCUT2D eigenvalue weighted by Crippen LogP contribution is 2.28. The van der Waals surface area contributed by atoms with E-state index in [1.165, 1.54) is 15.3 Å². The average Bonchev–Trinajstić information content (AvgIpc) is 3.59. The van der Waals surface area contributed by atoms with Crippen molar-refractivity contribution in [2.45, 2.75) is 80.4 Å². The SMILES string of the molecule is CC.CC(C)C.CCC(=O)NCC(=O)NCC(=O)N1CCC(O)C1.Cc1ncsc1-c1ccc(C(C)NC=O)cc1. The molecule has 4 amide bonds. The van der Waals surface area contributed by atoms with Gasteiger partial charge in [0.25, 0.3) is 0 Å². The topological polar surface area (TPSA) is 141 Å². The molecule has 11 heteroatoms. The first-order valence-corrected chi connectivity index (χ1v) is 15.1. The number of carbonyl (C=O) groups is 4. The number of aliphatic hydroxyl groups is 1. The van der Waals surface area contributed by atoms with Crippen molar-refractivity contribution < 1.29 is 24.3 Å². The number of aryl methyl sites for hydroxylation is 1. The molecule has 230 valence electrons. The molecule has 41 heavy (non-hydrogen) atoms. The van der Waals surface area contributed by atoms with Crippen LogP contribution in [0.15, 0.2) is 29.8 Å². The Morgan fingerprint density at radius 2 is 1.66 bits per heavy atom. The molecule has 0 radical (unpaired) electrons. The smallest absolute Gasteiger partial charge is 0.242 e. The van der Waals surface area contributed by atoms with Crippen LogP contribution in [0, 0.1) is 12.8 Å². The molecule has 1 fully saturated rings. The third kappa shape index (κ3) is 15.9. The van der Waals surface area contributed by atoms with Crippen LogP contribution in [0.4, 0.5) is 0 Å². The third-order valence-electron chi connectivity index (χ3n) is 5.46. The Balaban J connectivity index is 0.000000656. The Kier molecular flexibility index (Phi) is 19.7. The lowest BCUT2D eigenvalue weighted by molar-refractivity contribution is -0.132. The van der Waals surface area contributed by atoms with Crippen LogP contribution >= 0.6 is 11.3 Å². The van der Waals surface area contributed by atoms with Gasteiger partial charge in [-0.25, -0.2) is 4.98 Å². The van der Waals surface area contributed by atoms with E-state index >= 15 is 0 Å². The molecule has 2 unspecified atom stereocenters. The second-order valence-corrected chi connectivity index (χ2v) is 10.7. The maximum Gasteiger partial charge on any atom is 0.242 e. The molecule has 0 bridgehead atoms. The van der Waals surface area contributed by atoms with Gasteiger partial charge in [0, 0.05) is 19.5 Å². The zero-order chi connectivity index (χ0) is 31.4. The number of thiazole rings is 1. The molecular weight excluding hydrogens is 542 g/mol. The first kappa shape index (κ1) is 37.7. The van der Waals surface area contributed by atoms with Crippen molar-refractivity contribution in [2.75, 3.05) is 26.2 Å². The zero-order valence-corrected chi connectivity index (χ0v) is 26.6. The molecule has 0 aliphatic carbocycles. The van der Waals surface area contributed by atoms with Crippen LogP contribution in [0.1, 0.15) is 78.6 Å². The number of nitrogens with one attached hydrogen (secondary N) is 3. The molecule has 10 nitrogen and oxygen atoms in total. The van der Waals surface area contributed by atoms with Crippen LogP contribution < -0.4 is 16.0 Å². The summed E-state index contributed by atoms with van der Waals surface area (Å²) in [5, 5.41) is 16.9. The summed E-state index contributed by atoms with van der Waals surface area (Å²) in [4.78, 5) is 51.1. The molecular formula is C30H49N5O5S. The van der Waals surface area contributed by atoms with Gasteiger partial charge in [-0.15, -0.1) is 11.3 Å². The van der Waals surface area contributed by atoms with Crippen molar-refractivity contribution in [3.8, 4) is 10.4 Å². The summed E-state index contributed by atoms with van der Waals surface area (Å²) in [6.45, 7) is 16.8. The Morgan fingerprint density at radius 1 is 1.07 bits per heavy atom. The van der Waals surface area contributed by atoms with Gasteiger partial charge < -0.3 is 26.0 Å². The summed E-state index contributed by atoms with van der Waals surface area (Å²) in [5.74, 6) is 0.00533. The fraction of sp³-hybridized carbons (Fsp3) is 0.567. The highest BCUT2D eigenvalue weighted by atomic mass is 32.1. The Labute approximate surface area is 249 Å². The molecule has 1 aliphatic rings. The molecule has 1 aromatic carbocycles. The first-order valence-electron chi connectivity index (χ1n) is 14.2. The number of rotatable bonds is 9. The summed E-state index contributed by atoms with van der Waals surface area (Å²) in [6.07, 6.45) is 1.16.